The molecule has 1 aliphatic rings. The molecule has 1 amide bonds. The molecule has 0 aliphatic carbocycles. The number of benzene rings is 1. The smallest absolute Gasteiger partial charge is 0.262 e. The van der Waals surface area contributed by atoms with Crippen LogP contribution in [-0.2, 0) is 4.79 Å². The van der Waals surface area contributed by atoms with E-state index in [4.69, 9.17) is 4.74 Å². The fourth-order valence-corrected chi connectivity index (χ4v) is 1.99. The molecule has 1 aromatic rings. The van der Waals surface area contributed by atoms with E-state index in [1.807, 2.05) is 31.2 Å². The third-order valence-electron chi connectivity index (χ3n) is 3.09. The van der Waals surface area contributed by atoms with E-state index in [-0.39, 0.29) is 12.5 Å². The fraction of sp³-hybridized carbons (Fsp3) is 0.467. The van der Waals surface area contributed by atoms with Gasteiger partial charge in [-0.15, -0.1) is 0 Å². The van der Waals surface area contributed by atoms with E-state index in [2.05, 4.69) is 17.3 Å². The van der Waals surface area contributed by atoms with Gasteiger partial charge in [-0.2, -0.15) is 0 Å². The van der Waals surface area contributed by atoms with Gasteiger partial charge < -0.3 is 4.74 Å². The molecule has 0 saturated heterocycles. The van der Waals surface area contributed by atoms with Gasteiger partial charge in [-0.1, -0.05) is 13.3 Å². The van der Waals surface area contributed by atoms with Gasteiger partial charge in [-0.05, 0) is 37.6 Å². The Bertz CT molecular complexity index is 482. The Hall–Kier alpha value is -2.04. The minimum Gasteiger partial charge on any atom is -0.494 e. The number of nitrogens with zero attached hydrogens (tertiary/aromatic N) is 2. The second-order valence-electron chi connectivity index (χ2n) is 4.63. The topological polar surface area (TPSA) is 53.9 Å². The van der Waals surface area contributed by atoms with Crippen LogP contribution in [-0.4, -0.2) is 36.4 Å². The van der Waals surface area contributed by atoms with Crippen molar-refractivity contribution in [1.82, 2.24) is 10.4 Å². The van der Waals surface area contributed by atoms with Gasteiger partial charge in [-0.3, -0.25) is 20.2 Å². The Kier molecular flexibility index (Phi) is 4.98. The fourth-order valence-electron chi connectivity index (χ4n) is 1.99. The largest absolute Gasteiger partial charge is 0.494 e. The summed E-state index contributed by atoms with van der Waals surface area (Å²) in [4.78, 5) is 16.0. The van der Waals surface area contributed by atoms with Crippen molar-refractivity contribution < 1.29 is 9.53 Å². The minimum atomic E-state index is 0.0214. The van der Waals surface area contributed by atoms with Crippen LogP contribution in [0.15, 0.2) is 29.3 Å². The van der Waals surface area contributed by atoms with E-state index < -0.39 is 0 Å². The highest BCUT2D eigenvalue weighted by Crippen LogP contribution is 2.13. The van der Waals surface area contributed by atoms with Crippen LogP contribution in [0.1, 0.15) is 32.3 Å². The molecule has 0 atom stereocenters. The predicted molar refractivity (Wildman–Crippen MR) is 78.8 cm³/mol. The summed E-state index contributed by atoms with van der Waals surface area (Å²) in [6.45, 7) is 5.64. The van der Waals surface area contributed by atoms with Gasteiger partial charge in [0.15, 0.2) is 0 Å². The number of nitrogens with one attached hydrogen (secondary N) is 1. The van der Waals surface area contributed by atoms with Crippen molar-refractivity contribution in [1.29, 1.82) is 0 Å². The van der Waals surface area contributed by atoms with Crippen molar-refractivity contribution in [2.45, 2.75) is 26.7 Å². The summed E-state index contributed by atoms with van der Waals surface area (Å²) in [6.07, 6.45) is 2.04. The first-order valence-corrected chi connectivity index (χ1v) is 7.09. The lowest BCUT2D eigenvalue weighted by Crippen LogP contribution is -2.51. The Morgan fingerprint density at radius 1 is 1.30 bits per heavy atom. The van der Waals surface area contributed by atoms with Crippen LogP contribution in [0.2, 0.25) is 0 Å². The maximum atomic E-state index is 11.8. The van der Waals surface area contributed by atoms with E-state index in [0.717, 1.165) is 30.0 Å². The van der Waals surface area contributed by atoms with Gasteiger partial charge in [0.05, 0.1) is 6.61 Å². The number of unbranched alkanes of at least 4 members (excludes halogenated alkanes) is 1. The van der Waals surface area contributed by atoms with Crippen LogP contribution in [0, 0.1) is 0 Å². The van der Waals surface area contributed by atoms with E-state index in [1.54, 1.807) is 5.01 Å². The summed E-state index contributed by atoms with van der Waals surface area (Å²) in [7, 11) is 0. The number of amidine groups is 1. The molecule has 1 heterocycles. The molecule has 0 bridgehead atoms. The molecule has 0 aromatic heterocycles. The van der Waals surface area contributed by atoms with Crippen LogP contribution in [0.4, 0.5) is 0 Å². The Labute approximate surface area is 119 Å². The molecule has 2 rings (SSSR count). The molecule has 0 radical (unpaired) electrons. The van der Waals surface area contributed by atoms with Crippen LogP contribution in [0.5, 0.6) is 5.75 Å². The normalized spacial score (nSPS) is 14.8. The molecule has 1 aromatic carbocycles. The summed E-state index contributed by atoms with van der Waals surface area (Å²) < 4.78 is 5.41. The summed E-state index contributed by atoms with van der Waals surface area (Å²) >= 11 is 0. The number of rotatable bonds is 6. The average molecular weight is 275 g/mol. The Balaban J connectivity index is 2.06. The van der Waals surface area contributed by atoms with Crippen LogP contribution < -0.4 is 10.2 Å². The highest BCUT2D eigenvalue weighted by atomic mass is 16.5. The van der Waals surface area contributed by atoms with Gasteiger partial charge in [0, 0.05) is 12.1 Å². The first kappa shape index (κ1) is 14.4. The molecule has 0 unspecified atom stereocenters. The number of amides is 1. The number of ether oxygens (including phenoxy) is 1. The van der Waals surface area contributed by atoms with Gasteiger partial charge in [0.1, 0.15) is 18.1 Å². The standard InChI is InChI=1S/C15H21N3O2/c1-3-5-10-18-14(19)11-16-15(17-18)12-6-8-13(9-7-12)20-4-2/h6-9H,3-5,10-11H2,1-2H3,(H,16,17). The number of hydrazine groups is 1. The molecule has 5 nitrogen and oxygen atoms in total. The molecule has 0 saturated carbocycles. The van der Waals surface area contributed by atoms with Gasteiger partial charge in [0.25, 0.3) is 5.91 Å². The summed E-state index contributed by atoms with van der Waals surface area (Å²) in [6, 6.07) is 7.72. The monoisotopic (exact) mass is 275 g/mol. The van der Waals surface area contributed by atoms with Crippen molar-refractivity contribution in [3.05, 3.63) is 29.8 Å². The Morgan fingerprint density at radius 3 is 2.70 bits per heavy atom. The van der Waals surface area contributed by atoms with Crippen LogP contribution >= 0.6 is 0 Å². The molecule has 0 fully saturated rings. The number of hydrogen-bond donors (Lipinski definition) is 1. The highest BCUT2D eigenvalue weighted by molar-refractivity contribution is 6.02. The minimum absolute atomic E-state index is 0.0214. The van der Waals surface area contributed by atoms with Crippen LogP contribution in [0.3, 0.4) is 0 Å². The summed E-state index contributed by atoms with van der Waals surface area (Å²) in [5.41, 5.74) is 4.06. The molecule has 1 N–H and O–H groups in total. The molecule has 108 valence electrons. The van der Waals surface area contributed by atoms with Crippen molar-refractivity contribution in [3.8, 4) is 5.75 Å². The van der Waals surface area contributed by atoms with E-state index >= 15 is 0 Å². The molecular formula is C15H21N3O2. The molecule has 5 heteroatoms. The zero-order valence-electron chi connectivity index (χ0n) is 12.1. The number of carbonyl (C=O) groups is 1. The first-order valence-electron chi connectivity index (χ1n) is 7.09. The van der Waals surface area contributed by atoms with E-state index in [0.29, 0.717) is 13.2 Å². The lowest BCUT2D eigenvalue weighted by Gasteiger charge is -2.28. The average Bonchev–Trinajstić information content (AvgIpc) is 2.48. The number of hydrogen-bond acceptors (Lipinski definition) is 4. The van der Waals surface area contributed by atoms with Gasteiger partial charge in [-0.25, -0.2) is 0 Å². The van der Waals surface area contributed by atoms with Gasteiger partial charge >= 0.3 is 0 Å². The SMILES string of the molecule is CCCCN1NC(c2ccc(OCC)cc2)=NCC1=O. The Morgan fingerprint density at radius 2 is 2.05 bits per heavy atom. The van der Waals surface area contributed by atoms with Crippen molar-refractivity contribution in [2.75, 3.05) is 19.7 Å². The van der Waals surface area contributed by atoms with Gasteiger partial charge in [0.2, 0.25) is 0 Å². The second kappa shape index (κ2) is 6.93. The lowest BCUT2D eigenvalue weighted by atomic mass is 10.2. The van der Waals surface area contributed by atoms with E-state index in [1.165, 1.54) is 0 Å². The zero-order chi connectivity index (χ0) is 14.4. The third-order valence-corrected chi connectivity index (χ3v) is 3.09. The van der Waals surface area contributed by atoms with Crippen molar-refractivity contribution >= 4 is 11.7 Å². The van der Waals surface area contributed by atoms with Crippen molar-refractivity contribution in [2.24, 2.45) is 4.99 Å². The van der Waals surface area contributed by atoms with Crippen molar-refractivity contribution in [3.63, 3.8) is 0 Å². The molecule has 0 spiro atoms. The summed E-state index contributed by atoms with van der Waals surface area (Å²) in [5.74, 6) is 1.60. The van der Waals surface area contributed by atoms with E-state index in [9.17, 15) is 4.79 Å². The zero-order valence-corrected chi connectivity index (χ0v) is 12.1. The maximum absolute atomic E-state index is 11.8. The number of carbonyl (C=O) groups excluding carboxylic acids is 1. The third kappa shape index (κ3) is 3.50. The number of aliphatic imine (C=N–C) groups is 1. The maximum Gasteiger partial charge on any atom is 0.262 e. The first-order chi connectivity index (χ1) is 9.74. The van der Waals surface area contributed by atoms with Crippen LogP contribution in [0.25, 0.3) is 0 Å². The molecule has 20 heavy (non-hydrogen) atoms. The lowest BCUT2D eigenvalue weighted by molar-refractivity contribution is -0.132. The highest BCUT2D eigenvalue weighted by Gasteiger charge is 2.20. The molecule has 1 aliphatic heterocycles. The quantitative estimate of drug-likeness (QED) is 0.863. The second-order valence-corrected chi connectivity index (χ2v) is 4.63. The summed E-state index contributed by atoms with van der Waals surface area (Å²) in [5, 5.41) is 1.66. The molecular weight excluding hydrogens is 254 g/mol. The predicted octanol–water partition coefficient (Wildman–Crippen LogP) is 1.98.